The standard InChI is InChI=1S/C14H19N3O2/c1-4-12-16-14(17-19-12)13(15)10-6-5-7-11(8-10)18-9(2)3/h5-9,13H,4,15H2,1-3H3. The molecule has 1 heterocycles. The van der Waals surface area contributed by atoms with Gasteiger partial charge in [0.05, 0.1) is 12.1 Å². The Labute approximate surface area is 112 Å². The fraction of sp³-hybridized carbons (Fsp3) is 0.429. The molecule has 0 radical (unpaired) electrons. The topological polar surface area (TPSA) is 74.2 Å². The number of aromatic nitrogens is 2. The lowest BCUT2D eigenvalue weighted by atomic mass is 10.1. The first-order valence-corrected chi connectivity index (χ1v) is 6.44. The molecular weight excluding hydrogens is 242 g/mol. The SMILES string of the molecule is CCc1nc(C(N)c2cccc(OC(C)C)c2)no1. The molecule has 0 aliphatic heterocycles. The molecule has 0 saturated heterocycles. The number of benzene rings is 1. The van der Waals surface area contributed by atoms with Crippen LogP contribution in [0, 0.1) is 0 Å². The Morgan fingerprint density at radius 1 is 1.37 bits per heavy atom. The van der Waals surface area contributed by atoms with Crippen molar-refractivity contribution in [2.45, 2.75) is 39.3 Å². The van der Waals surface area contributed by atoms with Crippen LogP contribution in [0.5, 0.6) is 5.75 Å². The first-order valence-electron chi connectivity index (χ1n) is 6.44. The summed E-state index contributed by atoms with van der Waals surface area (Å²) in [5, 5.41) is 3.90. The second kappa shape index (κ2) is 5.84. The predicted molar refractivity (Wildman–Crippen MR) is 71.9 cm³/mol. The van der Waals surface area contributed by atoms with Crippen LogP contribution in [-0.4, -0.2) is 16.2 Å². The highest BCUT2D eigenvalue weighted by atomic mass is 16.5. The van der Waals surface area contributed by atoms with Crippen molar-refractivity contribution in [2.24, 2.45) is 5.73 Å². The zero-order valence-corrected chi connectivity index (χ0v) is 11.5. The van der Waals surface area contributed by atoms with Gasteiger partial charge in [0.15, 0.2) is 5.82 Å². The van der Waals surface area contributed by atoms with Crippen LogP contribution in [0.25, 0.3) is 0 Å². The smallest absolute Gasteiger partial charge is 0.226 e. The van der Waals surface area contributed by atoms with Crippen molar-refractivity contribution >= 4 is 0 Å². The summed E-state index contributed by atoms with van der Waals surface area (Å²) in [5.74, 6) is 1.89. The number of hydrogen-bond acceptors (Lipinski definition) is 5. The fourth-order valence-electron chi connectivity index (χ4n) is 1.74. The van der Waals surface area contributed by atoms with Crippen molar-refractivity contribution < 1.29 is 9.26 Å². The first-order chi connectivity index (χ1) is 9.10. The minimum atomic E-state index is -0.403. The molecule has 1 aromatic heterocycles. The number of nitrogens with zero attached hydrogens (tertiary/aromatic N) is 2. The summed E-state index contributed by atoms with van der Waals surface area (Å²) in [5.41, 5.74) is 7.05. The summed E-state index contributed by atoms with van der Waals surface area (Å²) in [6, 6.07) is 7.25. The average Bonchev–Trinajstić information content (AvgIpc) is 2.86. The number of rotatable bonds is 5. The highest BCUT2D eigenvalue weighted by Gasteiger charge is 2.16. The molecule has 0 aliphatic carbocycles. The van der Waals surface area contributed by atoms with E-state index >= 15 is 0 Å². The quantitative estimate of drug-likeness (QED) is 0.895. The van der Waals surface area contributed by atoms with Gasteiger partial charge in [-0.3, -0.25) is 0 Å². The van der Waals surface area contributed by atoms with Crippen LogP contribution in [-0.2, 0) is 6.42 Å². The summed E-state index contributed by atoms with van der Waals surface area (Å²) in [7, 11) is 0. The van der Waals surface area contributed by atoms with Crippen molar-refractivity contribution in [3.8, 4) is 5.75 Å². The molecule has 0 amide bonds. The number of ether oxygens (including phenoxy) is 1. The highest BCUT2D eigenvalue weighted by molar-refractivity contribution is 5.33. The van der Waals surface area contributed by atoms with E-state index in [2.05, 4.69) is 10.1 Å². The van der Waals surface area contributed by atoms with Crippen LogP contribution in [0.2, 0.25) is 0 Å². The van der Waals surface area contributed by atoms with E-state index in [0.717, 1.165) is 11.3 Å². The van der Waals surface area contributed by atoms with E-state index in [-0.39, 0.29) is 6.10 Å². The van der Waals surface area contributed by atoms with Gasteiger partial charge in [-0.15, -0.1) is 0 Å². The van der Waals surface area contributed by atoms with Gasteiger partial charge in [-0.25, -0.2) is 0 Å². The molecule has 2 aromatic rings. The largest absolute Gasteiger partial charge is 0.491 e. The second-order valence-corrected chi connectivity index (χ2v) is 4.62. The molecule has 1 unspecified atom stereocenters. The molecule has 0 bridgehead atoms. The van der Waals surface area contributed by atoms with Crippen LogP contribution in [0.3, 0.4) is 0 Å². The molecule has 2 N–H and O–H groups in total. The summed E-state index contributed by atoms with van der Waals surface area (Å²) < 4.78 is 10.7. The Morgan fingerprint density at radius 3 is 2.79 bits per heavy atom. The molecule has 5 nitrogen and oxygen atoms in total. The summed E-state index contributed by atoms with van der Waals surface area (Å²) in [4.78, 5) is 4.25. The maximum atomic E-state index is 6.14. The van der Waals surface area contributed by atoms with Crippen LogP contribution in [0.1, 0.15) is 44.1 Å². The van der Waals surface area contributed by atoms with Crippen LogP contribution in [0.15, 0.2) is 28.8 Å². The van der Waals surface area contributed by atoms with Gasteiger partial charge in [0.1, 0.15) is 5.75 Å². The Kier molecular flexibility index (Phi) is 4.16. The van der Waals surface area contributed by atoms with E-state index in [1.165, 1.54) is 0 Å². The van der Waals surface area contributed by atoms with Gasteiger partial charge in [-0.05, 0) is 31.5 Å². The van der Waals surface area contributed by atoms with Gasteiger partial charge in [0.25, 0.3) is 0 Å². The van der Waals surface area contributed by atoms with E-state index in [1.54, 1.807) is 0 Å². The number of aryl methyl sites for hydroxylation is 1. The molecule has 0 saturated carbocycles. The maximum absolute atomic E-state index is 6.14. The van der Waals surface area contributed by atoms with Crippen molar-refractivity contribution in [3.63, 3.8) is 0 Å². The Bertz CT molecular complexity index is 537. The van der Waals surface area contributed by atoms with Gasteiger partial charge in [0.2, 0.25) is 5.89 Å². The molecule has 1 atom stereocenters. The van der Waals surface area contributed by atoms with Gasteiger partial charge in [-0.1, -0.05) is 24.2 Å². The molecule has 0 spiro atoms. The summed E-state index contributed by atoms with van der Waals surface area (Å²) >= 11 is 0. The lowest BCUT2D eigenvalue weighted by Gasteiger charge is -2.12. The van der Waals surface area contributed by atoms with Crippen molar-refractivity contribution in [2.75, 3.05) is 0 Å². The first kappa shape index (κ1) is 13.5. The molecule has 102 valence electrons. The lowest BCUT2D eigenvalue weighted by Crippen LogP contribution is -2.14. The third kappa shape index (κ3) is 3.32. The maximum Gasteiger partial charge on any atom is 0.226 e. The predicted octanol–water partition coefficient (Wildman–Crippen LogP) is 2.47. The summed E-state index contributed by atoms with van der Waals surface area (Å²) in [6.07, 6.45) is 0.833. The van der Waals surface area contributed by atoms with Crippen molar-refractivity contribution in [1.29, 1.82) is 0 Å². The van der Waals surface area contributed by atoms with Crippen molar-refractivity contribution in [3.05, 3.63) is 41.5 Å². The van der Waals surface area contributed by atoms with E-state index in [1.807, 2.05) is 45.0 Å². The monoisotopic (exact) mass is 261 g/mol. The Morgan fingerprint density at radius 2 is 2.16 bits per heavy atom. The van der Waals surface area contributed by atoms with Gasteiger partial charge in [-0.2, -0.15) is 4.98 Å². The van der Waals surface area contributed by atoms with E-state index in [0.29, 0.717) is 18.1 Å². The van der Waals surface area contributed by atoms with Crippen LogP contribution in [0.4, 0.5) is 0 Å². The molecule has 0 aliphatic rings. The molecule has 0 fully saturated rings. The van der Waals surface area contributed by atoms with Crippen LogP contribution < -0.4 is 10.5 Å². The number of nitrogens with two attached hydrogens (primary N) is 1. The van der Waals surface area contributed by atoms with Crippen LogP contribution >= 0.6 is 0 Å². The third-order valence-corrected chi connectivity index (χ3v) is 2.65. The van der Waals surface area contributed by atoms with E-state index < -0.39 is 6.04 Å². The molecule has 2 rings (SSSR count). The number of hydrogen-bond donors (Lipinski definition) is 1. The average molecular weight is 261 g/mol. The third-order valence-electron chi connectivity index (χ3n) is 2.65. The molecule has 1 aromatic carbocycles. The second-order valence-electron chi connectivity index (χ2n) is 4.62. The lowest BCUT2D eigenvalue weighted by molar-refractivity contribution is 0.242. The van der Waals surface area contributed by atoms with E-state index in [9.17, 15) is 0 Å². The zero-order chi connectivity index (χ0) is 13.8. The highest BCUT2D eigenvalue weighted by Crippen LogP contribution is 2.22. The Hall–Kier alpha value is -1.88. The summed E-state index contributed by atoms with van der Waals surface area (Å²) in [6.45, 7) is 5.93. The van der Waals surface area contributed by atoms with E-state index in [4.69, 9.17) is 15.0 Å². The van der Waals surface area contributed by atoms with Gasteiger partial charge >= 0.3 is 0 Å². The molecular formula is C14H19N3O2. The Balaban J connectivity index is 2.20. The van der Waals surface area contributed by atoms with Crippen molar-refractivity contribution in [1.82, 2.24) is 10.1 Å². The molecule has 19 heavy (non-hydrogen) atoms. The minimum Gasteiger partial charge on any atom is -0.491 e. The van der Waals surface area contributed by atoms with Gasteiger partial charge in [0, 0.05) is 6.42 Å². The normalized spacial score (nSPS) is 12.7. The zero-order valence-electron chi connectivity index (χ0n) is 11.5. The van der Waals surface area contributed by atoms with Gasteiger partial charge < -0.3 is 15.0 Å². The molecule has 5 heteroatoms. The fourth-order valence-corrected chi connectivity index (χ4v) is 1.74. The minimum absolute atomic E-state index is 0.128.